The topological polar surface area (TPSA) is 72.2 Å². The van der Waals surface area contributed by atoms with E-state index in [1.165, 1.54) is 24.0 Å². The van der Waals surface area contributed by atoms with Gasteiger partial charge >= 0.3 is 0 Å². The van der Waals surface area contributed by atoms with Crippen LogP contribution in [0.3, 0.4) is 0 Å². The van der Waals surface area contributed by atoms with Crippen molar-refractivity contribution in [1.29, 1.82) is 0 Å². The molecular weight excluding hydrogens is 252 g/mol. The predicted octanol–water partition coefficient (Wildman–Crippen LogP) is 1.60. The number of aryl methyl sites for hydroxylation is 2. The number of hydrogen-bond donors (Lipinski definition) is 2. The maximum atomic E-state index is 12.1. The first kappa shape index (κ1) is 14.7. The third-order valence-electron chi connectivity index (χ3n) is 3.72. The zero-order valence-corrected chi connectivity index (χ0v) is 11.8. The van der Waals surface area contributed by atoms with Crippen molar-refractivity contribution in [2.24, 2.45) is 5.73 Å². The van der Waals surface area contributed by atoms with E-state index in [-0.39, 0.29) is 24.5 Å². The summed E-state index contributed by atoms with van der Waals surface area (Å²) in [6.45, 7) is 0.885. The highest BCUT2D eigenvalue weighted by Crippen LogP contribution is 2.22. The Morgan fingerprint density at radius 3 is 2.60 bits per heavy atom. The Bertz CT molecular complexity index is 497. The number of nitrogens with one attached hydrogen (secondary N) is 1. The molecule has 1 amide bonds. The summed E-state index contributed by atoms with van der Waals surface area (Å²) < 4.78 is 0. The van der Waals surface area contributed by atoms with Gasteiger partial charge in [-0.05, 0) is 42.9 Å². The van der Waals surface area contributed by atoms with Crippen LogP contribution in [0.5, 0.6) is 0 Å². The van der Waals surface area contributed by atoms with Crippen LogP contribution in [0.4, 0.5) is 0 Å². The highest BCUT2D eigenvalue weighted by Gasteiger charge is 2.13. The number of hydrogen-bond acceptors (Lipinski definition) is 3. The molecule has 0 saturated carbocycles. The first-order valence-electron chi connectivity index (χ1n) is 7.32. The number of amides is 1. The quantitative estimate of drug-likeness (QED) is 0.774. The molecule has 3 N–H and O–H groups in total. The monoisotopic (exact) mass is 274 g/mol. The van der Waals surface area contributed by atoms with E-state index >= 15 is 0 Å². The van der Waals surface area contributed by atoms with E-state index in [0.29, 0.717) is 13.1 Å². The van der Waals surface area contributed by atoms with Crippen LogP contribution in [0.2, 0.25) is 0 Å². The van der Waals surface area contributed by atoms with E-state index in [2.05, 4.69) is 11.4 Å². The summed E-state index contributed by atoms with van der Waals surface area (Å²) in [4.78, 5) is 23.6. The zero-order valence-electron chi connectivity index (χ0n) is 11.8. The lowest BCUT2D eigenvalue weighted by atomic mass is 9.89. The molecule has 0 spiro atoms. The minimum absolute atomic E-state index is 0.0428. The molecule has 0 heterocycles. The van der Waals surface area contributed by atoms with E-state index in [0.717, 1.165) is 18.4 Å². The second-order valence-corrected chi connectivity index (χ2v) is 5.25. The average Bonchev–Trinajstić information content (AvgIpc) is 2.50. The fraction of sp³-hybridized carbons (Fsp3) is 0.500. The molecular formula is C16H22N2O2. The number of carbonyl (C=O) groups excluding carboxylic acids is 2. The molecule has 1 aliphatic carbocycles. The van der Waals surface area contributed by atoms with Crippen LogP contribution in [0, 0.1) is 0 Å². The standard InChI is InChI=1S/C16H22N2O2/c17-9-10-18-16(20)8-7-15(19)14-6-5-12-3-1-2-4-13(12)11-14/h5-6,11H,1-4,7-10,17H2,(H,18,20). The Balaban J connectivity index is 1.91. The van der Waals surface area contributed by atoms with Crippen molar-refractivity contribution < 1.29 is 9.59 Å². The highest BCUT2D eigenvalue weighted by molar-refractivity contribution is 5.98. The van der Waals surface area contributed by atoms with E-state index in [4.69, 9.17) is 5.73 Å². The molecule has 4 heteroatoms. The van der Waals surface area contributed by atoms with Gasteiger partial charge in [-0.25, -0.2) is 0 Å². The Labute approximate surface area is 119 Å². The smallest absolute Gasteiger partial charge is 0.220 e. The first-order chi connectivity index (χ1) is 9.70. The first-order valence-corrected chi connectivity index (χ1v) is 7.32. The maximum Gasteiger partial charge on any atom is 0.220 e. The zero-order chi connectivity index (χ0) is 14.4. The lowest BCUT2D eigenvalue weighted by Crippen LogP contribution is -2.29. The van der Waals surface area contributed by atoms with Gasteiger partial charge < -0.3 is 11.1 Å². The van der Waals surface area contributed by atoms with E-state index in [1.807, 2.05) is 12.1 Å². The molecule has 2 rings (SSSR count). The average molecular weight is 274 g/mol. The summed E-state index contributed by atoms with van der Waals surface area (Å²) >= 11 is 0. The molecule has 0 fully saturated rings. The Hall–Kier alpha value is -1.68. The van der Waals surface area contributed by atoms with Crippen molar-refractivity contribution >= 4 is 11.7 Å². The summed E-state index contributed by atoms with van der Waals surface area (Å²) in [5.74, 6) is -0.0666. The highest BCUT2D eigenvalue weighted by atomic mass is 16.2. The van der Waals surface area contributed by atoms with Gasteiger partial charge in [0.2, 0.25) is 5.91 Å². The summed E-state index contributed by atoms with van der Waals surface area (Å²) in [7, 11) is 0. The van der Waals surface area contributed by atoms with Crippen LogP contribution >= 0.6 is 0 Å². The maximum absolute atomic E-state index is 12.1. The number of ketones is 1. The van der Waals surface area contributed by atoms with Crippen LogP contribution in [0.15, 0.2) is 18.2 Å². The third kappa shape index (κ3) is 3.90. The van der Waals surface area contributed by atoms with Crippen LogP contribution in [0.1, 0.15) is 47.2 Å². The van der Waals surface area contributed by atoms with Gasteiger partial charge in [-0.15, -0.1) is 0 Å². The van der Waals surface area contributed by atoms with Gasteiger partial charge in [0.25, 0.3) is 0 Å². The van der Waals surface area contributed by atoms with E-state index in [9.17, 15) is 9.59 Å². The van der Waals surface area contributed by atoms with E-state index < -0.39 is 0 Å². The SMILES string of the molecule is NCCNC(=O)CCC(=O)c1ccc2c(c1)CCCC2. The van der Waals surface area contributed by atoms with Crippen molar-refractivity contribution in [3.63, 3.8) is 0 Å². The summed E-state index contributed by atoms with van der Waals surface area (Å²) in [5.41, 5.74) is 8.71. The predicted molar refractivity (Wildman–Crippen MR) is 78.7 cm³/mol. The molecule has 0 saturated heterocycles. The van der Waals surface area contributed by atoms with Crippen molar-refractivity contribution in [1.82, 2.24) is 5.32 Å². The number of Topliss-reactive ketones (excluding diaryl/α,β-unsaturated/α-hetero) is 1. The van der Waals surface area contributed by atoms with Gasteiger partial charge in [-0.1, -0.05) is 12.1 Å². The molecule has 0 unspecified atom stereocenters. The molecule has 0 atom stereocenters. The Kier molecular flexibility index (Phi) is 5.30. The van der Waals surface area contributed by atoms with Crippen molar-refractivity contribution in [2.75, 3.05) is 13.1 Å². The molecule has 1 aromatic rings. The van der Waals surface area contributed by atoms with Crippen molar-refractivity contribution in [3.8, 4) is 0 Å². The minimum atomic E-state index is -0.109. The summed E-state index contributed by atoms with van der Waals surface area (Å²) in [6.07, 6.45) is 5.11. The molecule has 4 nitrogen and oxygen atoms in total. The van der Waals surface area contributed by atoms with E-state index in [1.54, 1.807) is 0 Å². The summed E-state index contributed by atoms with van der Waals surface area (Å²) in [5, 5.41) is 2.67. The number of fused-ring (bicyclic) bond motifs is 1. The lowest BCUT2D eigenvalue weighted by molar-refractivity contribution is -0.121. The van der Waals surface area contributed by atoms with Crippen LogP contribution in [-0.4, -0.2) is 24.8 Å². The van der Waals surface area contributed by atoms with Crippen molar-refractivity contribution in [3.05, 3.63) is 34.9 Å². The number of nitrogens with two attached hydrogens (primary N) is 1. The molecule has 0 aromatic heterocycles. The Morgan fingerprint density at radius 2 is 1.85 bits per heavy atom. The molecule has 0 bridgehead atoms. The van der Waals surface area contributed by atoms with Gasteiger partial charge in [-0.3, -0.25) is 9.59 Å². The van der Waals surface area contributed by atoms with Crippen LogP contribution in [0.25, 0.3) is 0 Å². The van der Waals surface area contributed by atoms with Crippen LogP contribution < -0.4 is 11.1 Å². The van der Waals surface area contributed by atoms with Gasteiger partial charge in [0, 0.05) is 31.5 Å². The Morgan fingerprint density at radius 1 is 1.10 bits per heavy atom. The van der Waals surface area contributed by atoms with Gasteiger partial charge in [0.1, 0.15) is 0 Å². The fourth-order valence-corrected chi connectivity index (χ4v) is 2.58. The second-order valence-electron chi connectivity index (χ2n) is 5.25. The lowest BCUT2D eigenvalue weighted by Gasteiger charge is -2.16. The normalized spacial score (nSPS) is 13.7. The molecule has 1 aromatic carbocycles. The molecule has 20 heavy (non-hydrogen) atoms. The number of benzene rings is 1. The van der Waals surface area contributed by atoms with Crippen LogP contribution in [-0.2, 0) is 17.6 Å². The summed E-state index contributed by atoms with van der Waals surface area (Å²) in [6, 6.07) is 5.97. The fourth-order valence-electron chi connectivity index (χ4n) is 2.58. The van der Waals surface area contributed by atoms with Gasteiger partial charge in [-0.2, -0.15) is 0 Å². The number of carbonyl (C=O) groups is 2. The molecule has 0 aliphatic heterocycles. The number of rotatable bonds is 6. The van der Waals surface area contributed by atoms with Gasteiger partial charge in [0.15, 0.2) is 5.78 Å². The van der Waals surface area contributed by atoms with Crippen molar-refractivity contribution in [2.45, 2.75) is 38.5 Å². The van der Waals surface area contributed by atoms with Gasteiger partial charge in [0.05, 0.1) is 0 Å². The molecule has 1 aliphatic rings. The third-order valence-corrected chi connectivity index (χ3v) is 3.72. The largest absolute Gasteiger partial charge is 0.355 e. The minimum Gasteiger partial charge on any atom is -0.355 e. The molecule has 108 valence electrons. The molecule has 0 radical (unpaired) electrons. The second kappa shape index (κ2) is 7.20.